The van der Waals surface area contributed by atoms with Crippen molar-refractivity contribution in [3.05, 3.63) is 83.0 Å². The van der Waals surface area contributed by atoms with Gasteiger partial charge >= 0.3 is 0 Å². The summed E-state index contributed by atoms with van der Waals surface area (Å²) in [4.78, 5) is 12.6. The number of halogens is 2. The van der Waals surface area contributed by atoms with Crippen molar-refractivity contribution in [2.24, 2.45) is 0 Å². The van der Waals surface area contributed by atoms with E-state index in [0.717, 1.165) is 11.1 Å². The first kappa shape index (κ1) is 17.2. The number of anilines is 1. The number of fused-ring (bicyclic) bond motifs is 1. The zero-order chi connectivity index (χ0) is 19.0. The van der Waals surface area contributed by atoms with Crippen LogP contribution in [0.2, 0.25) is 5.02 Å². The summed E-state index contributed by atoms with van der Waals surface area (Å²) >= 11 is 5.97. The Balaban J connectivity index is 1.78. The SMILES string of the molecule is Cc1nnc2c(NC(=O)c3ccc(F)cc3)cc(-c3ccc(Cl)cc3)cn12. The van der Waals surface area contributed by atoms with E-state index in [0.29, 0.717) is 27.7 Å². The number of hydrogen-bond acceptors (Lipinski definition) is 3. The highest BCUT2D eigenvalue weighted by Gasteiger charge is 2.14. The highest BCUT2D eigenvalue weighted by molar-refractivity contribution is 6.30. The minimum atomic E-state index is -0.397. The minimum absolute atomic E-state index is 0.350. The number of hydrogen-bond donors (Lipinski definition) is 1. The van der Waals surface area contributed by atoms with Gasteiger partial charge < -0.3 is 5.32 Å². The molecule has 4 rings (SSSR count). The van der Waals surface area contributed by atoms with Crippen LogP contribution in [-0.4, -0.2) is 20.5 Å². The van der Waals surface area contributed by atoms with E-state index in [2.05, 4.69) is 15.5 Å². The standard InChI is InChI=1S/C20H14ClFN4O/c1-12-24-25-19-18(23-20(27)14-4-8-17(22)9-5-14)10-15(11-26(12)19)13-2-6-16(21)7-3-13/h2-11H,1H3,(H,23,27). The molecule has 0 aliphatic heterocycles. The van der Waals surface area contributed by atoms with E-state index in [9.17, 15) is 9.18 Å². The normalized spacial score (nSPS) is 10.9. The lowest BCUT2D eigenvalue weighted by Crippen LogP contribution is -2.13. The Labute approximate surface area is 159 Å². The Morgan fingerprint density at radius 2 is 1.74 bits per heavy atom. The van der Waals surface area contributed by atoms with Gasteiger partial charge in [-0.15, -0.1) is 10.2 Å². The van der Waals surface area contributed by atoms with E-state index in [1.165, 1.54) is 24.3 Å². The maximum absolute atomic E-state index is 13.1. The molecule has 7 heteroatoms. The monoisotopic (exact) mass is 380 g/mol. The molecule has 4 aromatic rings. The van der Waals surface area contributed by atoms with E-state index >= 15 is 0 Å². The van der Waals surface area contributed by atoms with Crippen molar-refractivity contribution in [2.45, 2.75) is 6.92 Å². The third-order valence-electron chi connectivity index (χ3n) is 4.21. The van der Waals surface area contributed by atoms with Gasteiger partial charge in [0.25, 0.3) is 5.91 Å². The number of carbonyl (C=O) groups is 1. The van der Waals surface area contributed by atoms with Crippen LogP contribution in [0.15, 0.2) is 60.8 Å². The average molecular weight is 381 g/mol. The topological polar surface area (TPSA) is 59.3 Å². The number of rotatable bonds is 3. The second kappa shape index (κ2) is 6.81. The first-order valence-electron chi connectivity index (χ1n) is 8.19. The maximum atomic E-state index is 13.1. The van der Waals surface area contributed by atoms with E-state index in [-0.39, 0.29) is 5.91 Å². The number of pyridine rings is 1. The van der Waals surface area contributed by atoms with Gasteiger partial charge in [-0.2, -0.15) is 0 Å². The van der Waals surface area contributed by atoms with E-state index in [1.54, 1.807) is 12.1 Å². The smallest absolute Gasteiger partial charge is 0.255 e. The van der Waals surface area contributed by atoms with Gasteiger partial charge in [0.15, 0.2) is 5.65 Å². The molecular formula is C20H14ClFN4O. The lowest BCUT2D eigenvalue weighted by atomic mass is 10.1. The first-order valence-corrected chi connectivity index (χ1v) is 8.57. The van der Waals surface area contributed by atoms with Crippen LogP contribution in [-0.2, 0) is 0 Å². The third kappa shape index (κ3) is 3.39. The molecule has 0 atom stereocenters. The van der Waals surface area contributed by atoms with Crippen LogP contribution in [0.5, 0.6) is 0 Å². The molecule has 0 radical (unpaired) electrons. The van der Waals surface area contributed by atoms with E-state index in [1.807, 2.05) is 35.7 Å². The number of nitrogens with zero attached hydrogens (tertiary/aromatic N) is 3. The second-order valence-corrected chi connectivity index (χ2v) is 6.49. The van der Waals surface area contributed by atoms with Gasteiger partial charge in [0.05, 0.1) is 5.69 Å². The summed E-state index contributed by atoms with van der Waals surface area (Å²) in [6.45, 7) is 1.83. The molecule has 2 heterocycles. The molecule has 0 bridgehead atoms. The highest BCUT2D eigenvalue weighted by Crippen LogP contribution is 2.27. The maximum Gasteiger partial charge on any atom is 0.255 e. The molecule has 0 unspecified atom stereocenters. The largest absolute Gasteiger partial charge is 0.319 e. The summed E-state index contributed by atoms with van der Waals surface area (Å²) in [6, 6.07) is 14.6. The molecule has 5 nitrogen and oxygen atoms in total. The number of aryl methyl sites for hydroxylation is 1. The number of aromatic nitrogens is 3. The van der Waals surface area contributed by atoms with Gasteiger partial charge in [0, 0.05) is 22.3 Å². The van der Waals surface area contributed by atoms with Crippen molar-refractivity contribution in [3.63, 3.8) is 0 Å². The molecule has 27 heavy (non-hydrogen) atoms. The quantitative estimate of drug-likeness (QED) is 0.558. The summed E-state index contributed by atoms with van der Waals surface area (Å²) in [5, 5.41) is 11.7. The Kier molecular flexibility index (Phi) is 4.33. The van der Waals surface area contributed by atoms with E-state index < -0.39 is 5.82 Å². The summed E-state index contributed by atoms with van der Waals surface area (Å²) in [6.07, 6.45) is 1.90. The zero-order valence-electron chi connectivity index (χ0n) is 14.3. The molecule has 1 amide bonds. The first-order chi connectivity index (χ1) is 13.0. The van der Waals surface area contributed by atoms with Gasteiger partial charge in [-0.25, -0.2) is 4.39 Å². The van der Waals surface area contributed by atoms with E-state index in [4.69, 9.17) is 11.6 Å². The van der Waals surface area contributed by atoms with Gasteiger partial charge in [-0.1, -0.05) is 23.7 Å². The van der Waals surface area contributed by atoms with Crippen LogP contribution in [0.25, 0.3) is 16.8 Å². The lowest BCUT2D eigenvalue weighted by Gasteiger charge is -2.10. The molecule has 0 saturated carbocycles. The van der Waals surface area contributed by atoms with Crippen molar-refractivity contribution in [3.8, 4) is 11.1 Å². The predicted octanol–water partition coefficient (Wildman–Crippen LogP) is 4.75. The fraction of sp³-hybridized carbons (Fsp3) is 0.0500. The summed E-state index contributed by atoms with van der Waals surface area (Å²) in [5.74, 6) is -0.0596. The Hall–Kier alpha value is -3.25. The third-order valence-corrected chi connectivity index (χ3v) is 4.46. The fourth-order valence-corrected chi connectivity index (χ4v) is 2.92. The summed E-state index contributed by atoms with van der Waals surface area (Å²) in [7, 11) is 0. The van der Waals surface area contributed by atoms with Crippen LogP contribution in [0.1, 0.15) is 16.2 Å². The van der Waals surface area contributed by atoms with Crippen molar-refractivity contribution in [2.75, 3.05) is 5.32 Å². The molecular weight excluding hydrogens is 367 g/mol. The average Bonchev–Trinajstić information content (AvgIpc) is 3.04. The zero-order valence-corrected chi connectivity index (χ0v) is 15.0. The number of nitrogens with one attached hydrogen (secondary N) is 1. The Morgan fingerprint density at radius 3 is 2.44 bits per heavy atom. The predicted molar refractivity (Wildman–Crippen MR) is 103 cm³/mol. The fourth-order valence-electron chi connectivity index (χ4n) is 2.79. The molecule has 0 aliphatic carbocycles. The van der Waals surface area contributed by atoms with Crippen molar-refractivity contribution >= 4 is 28.8 Å². The minimum Gasteiger partial charge on any atom is -0.319 e. The van der Waals surface area contributed by atoms with Gasteiger partial charge in [0.2, 0.25) is 0 Å². The summed E-state index contributed by atoms with van der Waals surface area (Å²) < 4.78 is 14.9. The Morgan fingerprint density at radius 1 is 1.04 bits per heavy atom. The molecule has 0 spiro atoms. The molecule has 0 fully saturated rings. The second-order valence-electron chi connectivity index (χ2n) is 6.05. The number of carbonyl (C=O) groups excluding carboxylic acids is 1. The number of benzene rings is 2. The molecule has 134 valence electrons. The molecule has 0 saturated heterocycles. The van der Waals surface area contributed by atoms with Gasteiger partial charge in [-0.05, 0) is 55.0 Å². The van der Waals surface area contributed by atoms with Crippen LogP contribution in [0.3, 0.4) is 0 Å². The molecule has 1 N–H and O–H groups in total. The lowest BCUT2D eigenvalue weighted by molar-refractivity contribution is 0.102. The van der Waals surface area contributed by atoms with Gasteiger partial charge in [0.1, 0.15) is 11.6 Å². The van der Waals surface area contributed by atoms with Crippen LogP contribution in [0.4, 0.5) is 10.1 Å². The molecule has 0 aliphatic rings. The van der Waals surface area contributed by atoms with Crippen LogP contribution >= 0.6 is 11.6 Å². The highest BCUT2D eigenvalue weighted by atomic mass is 35.5. The van der Waals surface area contributed by atoms with Crippen molar-refractivity contribution in [1.82, 2.24) is 14.6 Å². The molecule has 2 aromatic carbocycles. The van der Waals surface area contributed by atoms with Crippen LogP contribution in [0, 0.1) is 12.7 Å². The van der Waals surface area contributed by atoms with Gasteiger partial charge in [-0.3, -0.25) is 9.20 Å². The van der Waals surface area contributed by atoms with Crippen molar-refractivity contribution < 1.29 is 9.18 Å². The Bertz CT molecular complexity index is 1140. The van der Waals surface area contributed by atoms with Crippen LogP contribution < -0.4 is 5.32 Å². The molecule has 2 aromatic heterocycles. The van der Waals surface area contributed by atoms with Crippen molar-refractivity contribution in [1.29, 1.82) is 0 Å². The summed E-state index contributed by atoms with van der Waals surface area (Å²) in [5.41, 5.74) is 3.20. The number of amides is 1.